The Balaban J connectivity index is 2.17. The minimum atomic E-state index is -0.488. The van der Waals surface area contributed by atoms with Gasteiger partial charge in [-0.25, -0.2) is 4.79 Å². The molecular formula is C21H30N2O2. The van der Waals surface area contributed by atoms with Gasteiger partial charge in [0.1, 0.15) is 5.60 Å². The number of aryl methyl sites for hydroxylation is 1. The minimum absolute atomic E-state index is 0.0659. The van der Waals surface area contributed by atoms with Gasteiger partial charge >= 0.3 is 6.09 Å². The molecule has 1 atom stereocenters. The predicted molar refractivity (Wildman–Crippen MR) is 99.5 cm³/mol. The van der Waals surface area contributed by atoms with Gasteiger partial charge in [-0.1, -0.05) is 26.8 Å². The summed E-state index contributed by atoms with van der Waals surface area (Å²) in [5.41, 5.74) is 2.84. The van der Waals surface area contributed by atoms with Crippen LogP contribution in [0.25, 0.3) is 0 Å². The zero-order valence-electron chi connectivity index (χ0n) is 16.3. The molecule has 1 unspecified atom stereocenters. The van der Waals surface area contributed by atoms with Gasteiger partial charge in [0, 0.05) is 6.54 Å². The molecule has 1 N–H and O–H groups in total. The fourth-order valence-electron chi connectivity index (χ4n) is 3.70. The highest BCUT2D eigenvalue weighted by atomic mass is 16.6. The number of nitrogens with zero attached hydrogens (tertiary/aromatic N) is 1. The second-order valence-electron chi connectivity index (χ2n) is 8.88. The van der Waals surface area contributed by atoms with E-state index in [0.29, 0.717) is 12.1 Å². The number of nitrogens with one attached hydrogen (secondary N) is 1. The topological polar surface area (TPSA) is 62.1 Å². The predicted octanol–water partition coefficient (Wildman–Crippen LogP) is 4.70. The lowest BCUT2D eigenvalue weighted by Gasteiger charge is -2.49. The molecule has 0 aromatic heterocycles. The molecule has 4 heteroatoms. The largest absolute Gasteiger partial charge is 0.444 e. The normalized spacial score (nSPS) is 21.8. The molecule has 136 valence electrons. The maximum Gasteiger partial charge on any atom is 0.407 e. The second-order valence-corrected chi connectivity index (χ2v) is 8.88. The Morgan fingerprint density at radius 2 is 2.00 bits per heavy atom. The highest BCUT2D eigenvalue weighted by Crippen LogP contribution is 2.51. The standard InChI is InChI=1S/C21H30N2O2/c1-19(2,3)25-18(24)23-12-11-21(6)17-8-7-15(14-22)13-16(17)9-10-20(21,4)5/h7-8,13H,9-12H2,1-6H3,(H,23,24). The molecule has 0 aliphatic heterocycles. The highest BCUT2D eigenvalue weighted by molar-refractivity contribution is 5.67. The molecule has 1 aliphatic rings. The first-order chi connectivity index (χ1) is 11.5. The number of alkyl carbamates (subject to hydrolysis) is 1. The van der Waals surface area contributed by atoms with Crippen LogP contribution in [0.5, 0.6) is 0 Å². The lowest BCUT2D eigenvalue weighted by molar-refractivity contribution is 0.0512. The Hall–Kier alpha value is -2.02. The van der Waals surface area contributed by atoms with Crippen molar-refractivity contribution in [2.75, 3.05) is 6.54 Å². The molecule has 1 amide bonds. The maximum absolute atomic E-state index is 11.9. The van der Waals surface area contributed by atoms with Crippen molar-refractivity contribution in [1.82, 2.24) is 5.32 Å². The molecule has 25 heavy (non-hydrogen) atoms. The van der Waals surface area contributed by atoms with Crippen LogP contribution < -0.4 is 5.32 Å². The first-order valence-corrected chi connectivity index (χ1v) is 8.99. The Kier molecular flexibility index (Phi) is 5.18. The Bertz CT molecular complexity index is 695. The Morgan fingerprint density at radius 1 is 1.32 bits per heavy atom. The molecule has 0 saturated heterocycles. The van der Waals surface area contributed by atoms with Gasteiger partial charge in [-0.3, -0.25) is 0 Å². The lowest BCUT2D eigenvalue weighted by Crippen LogP contribution is -2.46. The third-order valence-electron chi connectivity index (χ3n) is 5.64. The van der Waals surface area contributed by atoms with Crippen molar-refractivity contribution in [3.05, 3.63) is 34.9 Å². The van der Waals surface area contributed by atoms with Gasteiger partial charge in [-0.05, 0) is 74.1 Å². The third kappa shape index (κ3) is 4.15. The summed E-state index contributed by atoms with van der Waals surface area (Å²) in [6, 6.07) is 8.25. The Morgan fingerprint density at radius 3 is 2.60 bits per heavy atom. The number of fused-ring (bicyclic) bond motifs is 1. The van der Waals surface area contributed by atoms with Gasteiger partial charge in [-0.2, -0.15) is 5.26 Å². The highest BCUT2D eigenvalue weighted by Gasteiger charge is 2.45. The summed E-state index contributed by atoms with van der Waals surface area (Å²) in [6.07, 6.45) is 2.52. The SMILES string of the molecule is CC(C)(C)OC(=O)NCCC1(C)c2ccc(C#N)cc2CCC1(C)C. The van der Waals surface area contributed by atoms with Gasteiger partial charge in [0.25, 0.3) is 0 Å². The van der Waals surface area contributed by atoms with Crippen LogP contribution in [0.4, 0.5) is 4.79 Å². The summed E-state index contributed by atoms with van der Waals surface area (Å²) in [6.45, 7) is 13.0. The number of carbonyl (C=O) groups excluding carboxylic acids is 1. The molecule has 1 aliphatic carbocycles. The zero-order chi connectivity index (χ0) is 18.9. The van der Waals surface area contributed by atoms with E-state index in [1.807, 2.05) is 32.9 Å². The zero-order valence-corrected chi connectivity index (χ0v) is 16.3. The number of benzene rings is 1. The van der Waals surface area contributed by atoms with Crippen LogP contribution in [0.1, 0.15) is 71.1 Å². The van der Waals surface area contributed by atoms with Crippen molar-refractivity contribution in [3.8, 4) is 6.07 Å². The van der Waals surface area contributed by atoms with Crippen molar-refractivity contribution >= 4 is 6.09 Å². The third-order valence-corrected chi connectivity index (χ3v) is 5.64. The maximum atomic E-state index is 11.9. The van der Waals surface area contributed by atoms with E-state index in [0.717, 1.165) is 19.3 Å². The average Bonchev–Trinajstić information content (AvgIpc) is 2.49. The van der Waals surface area contributed by atoms with E-state index < -0.39 is 5.60 Å². The van der Waals surface area contributed by atoms with Crippen LogP contribution in [0.3, 0.4) is 0 Å². The quantitative estimate of drug-likeness (QED) is 0.866. The Labute approximate surface area is 151 Å². The van der Waals surface area contributed by atoms with Gasteiger partial charge in [0.05, 0.1) is 11.6 Å². The van der Waals surface area contributed by atoms with Crippen molar-refractivity contribution in [1.29, 1.82) is 5.26 Å². The van der Waals surface area contributed by atoms with E-state index in [1.54, 1.807) is 0 Å². The summed E-state index contributed by atoms with van der Waals surface area (Å²) in [5, 5.41) is 12.0. The molecule has 0 saturated carbocycles. The fraction of sp³-hybridized carbons (Fsp3) is 0.619. The molecule has 2 rings (SSSR count). The van der Waals surface area contributed by atoms with Crippen LogP contribution in [-0.2, 0) is 16.6 Å². The molecule has 4 nitrogen and oxygen atoms in total. The van der Waals surface area contributed by atoms with Crippen LogP contribution in [-0.4, -0.2) is 18.2 Å². The second kappa shape index (κ2) is 6.71. The summed E-state index contributed by atoms with van der Waals surface area (Å²) < 4.78 is 5.33. The summed E-state index contributed by atoms with van der Waals surface area (Å²) in [4.78, 5) is 11.9. The fourth-order valence-corrected chi connectivity index (χ4v) is 3.70. The first-order valence-electron chi connectivity index (χ1n) is 8.99. The van der Waals surface area contributed by atoms with Gasteiger partial charge in [0.15, 0.2) is 0 Å². The van der Waals surface area contributed by atoms with E-state index in [-0.39, 0.29) is 16.9 Å². The smallest absolute Gasteiger partial charge is 0.407 e. The van der Waals surface area contributed by atoms with Gasteiger partial charge in [-0.15, -0.1) is 0 Å². The molecule has 0 bridgehead atoms. The molecule has 1 aromatic carbocycles. The summed E-state index contributed by atoms with van der Waals surface area (Å²) in [5.74, 6) is 0. The van der Waals surface area contributed by atoms with Gasteiger partial charge in [0.2, 0.25) is 0 Å². The van der Waals surface area contributed by atoms with Crippen LogP contribution in [0, 0.1) is 16.7 Å². The monoisotopic (exact) mass is 342 g/mol. The van der Waals surface area contributed by atoms with Crippen molar-refractivity contribution < 1.29 is 9.53 Å². The summed E-state index contributed by atoms with van der Waals surface area (Å²) >= 11 is 0. The van der Waals surface area contributed by atoms with Crippen LogP contribution in [0.15, 0.2) is 18.2 Å². The molecule has 0 heterocycles. The van der Waals surface area contributed by atoms with E-state index in [4.69, 9.17) is 10.00 Å². The van der Waals surface area contributed by atoms with Crippen molar-refractivity contribution in [3.63, 3.8) is 0 Å². The van der Waals surface area contributed by atoms with E-state index in [2.05, 4.69) is 38.2 Å². The number of hydrogen-bond acceptors (Lipinski definition) is 3. The molecule has 1 aromatic rings. The number of carbonyl (C=O) groups is 1. The molecule has 0 spiro atoms. The minimum Gasteiger partial charge on any atom is -0.444 e. The molecule has 0 radical (unpaired) electrons. The van der Waals surface area contributed by atoms with Crippen LogP contribution in [0.2, 0.25) is 0 Å². The number of nitriles is 1. The number of rotatable bonds is 3. The number of hydrogen-bond donors (Lipinski definition) is 1. The number of amides is 1. The molecular weight excluding hydrogens is 312 g/mol. The molecule has 0 fully saturated rings. The van der Waals surface area contributed by atoms with Gasteiger partial charge < -0.3 is 10.1 Å². The van der Waals surface area contributed by atoms with E-state index >= 15 is 0 Å². The van der Waals surface area contributed by atoms with Crippen molar-refractivity contribution in [2.24, 2.45) is 5.41 Å². The first kappa shape index (κ1) is 19.3. The van der Waals surface area contributed by atoms with E-state index in [1.165, 1.54) is 11.1 Å². The summed E-state index contributed by atoms with van der Waals surface area (Å²) in [7, 11) is 0. The van der Waals surface area contributed by atoms with Crippen molar-refractivity contribution in [2.45, 2.75) is 71.8 Å². The van der Waals surface area contributed by atoms with Crippen LogP contribution >= 0.6 is 0 Å². The van der Waals surface area contributed by atoms with E-state index in [9.17, 15) is 4.79 Å². The number of ether oxygens (including phenoxy) is 1. The average molecular weight is 342 g/mol. The lowest BCUT2D eigenvalue weighted by atomic mass is 9.55.